The standard InChI is InChI=1S/C26H26N6.C2HF3O2/c1(3-21-13-17-5-7-19(15-23(17)31-21)25-27-9-10-28-25)2-4-22-14-18-6-8-20(16-24(18)32-22)26-29-11-12-30-26;3-2(4,5)1(6)7/h1-2,5-8,13-16,31-32H,3-4,9-12H2,(H,27,28)(H,29,30);(H,6,7)/b2-1+;. The highest BCUT2D eigenvalue weighted by Gasteiger charge is 2.38. The van der Waals surface area contributed by atoms with Gasteiger partial charge in [0.25, 0.3) is 0 Å². The molecule has 0 spiro atoms. The number of H-pyrrole nitrogens is 2. The van der Waals surface area contributed by atoms with E-state index >= 15 is 0 Å². The molecule has 0 saturated heterocycles. The van der Waals surface area contributed by atoms with Crippen molar-refractivity contribution in [2.75, 3.05) is 26.2 Å². The van der Waals surface area contributed by atoms with Gasteiger partial charge in [-0.05, 0) is 35.0 Å². The number of hydrogen-bond donors (Lipinski definition) is 5. The Labute approximate surface area is 221 Å². The second kappa shape index (κ2) is 11.1. The minimum atomic E-state index is -5.08. The molecule has 6 rings (SSSR count). The molecule has 0 fully saturated rings. The van der Waals surface area contributed by atoms with Gasteiger partial charge in [0.1, 0.15) is 11.7 Å². The van der Waals surface area contributed by atoms with Gasteiger partial charge in [0.2, 0.25) is 0 Å². The molecule has 11 heteroatoms. The SMILES string of the molecule is C(=C\Cc1cc2ccc(C3=NCCN3)cc2[nH]1)/Cc1cc2ccc(C3=NCCN3)cc2[nH]1.O=C(O)C(F)(F)F. The topological polar surface area (TPSA) is 118 Å². The predicted molar refractivity (Wildman–Crippen MR) is 146 cm³/mol. The van der Waals surface area contributed by atoms with Gasteiger partial charge < -0.3 is 25.7 Å². The minimum absolute atomic E-state index is 0.859. The van der Waals surface area contributed by atoms with Crippen molar-refractivity contribution in [1.29, 1.82) is 0 Å². The summed E-state index contributed by atoms with van der Waals surface area (Å²) in [6.45, 7) is 3.58. The molecule has 0 unspecified atom stereocenters. The van der Waals surface area contributed by atoms with Gasteiger partial charge in [-0.1, -0.05) is 36.4 Å². The fourth-order valence-electron chi connectivity index (χ4n) is 4.49. The highest BCUT2D eigenvalue weighted by Crippen LogP contribution is 2.20. The number of aliphatic carboxylic acids is 1. The van der Waals surface area contributed by atoms with Crippen LogP contribution in [0.1, 0.15) is 22.5 Å². The van der Waals surface area contributed by atoms with Crippen LogP contribution in [0.4, 0.5) is 13.2 Å². The molecule has 0 bridgehead atoms. The molecule has 8 nitrogen and oxygen atoms in total. The second-order valence-electron chi connectivity index (χ2n) is 9.19. The normalized spacial score (nSPS) is 15.2. The molecule has 0 radical (unpaired) electrons. The summed E-state index contributed by atoms with van der Waals surface area (Å²) in [6.07, 6.45) is 1.17. The number of amidine groups is 2. The lowest BCUT2D eigenvalue weighted by Crippen LogP contribution is -2.21. The maximum Gasteiger partial charge on any atom is 0.490 e. The van der Waals surface area contributed by atoms with E-state index < -0.39 is 12.1 Å². The molecule has 0 atom stereocenters. The van der Waals surface area contributed by atoms with Gasteiger partial charge in [-0.15, -0.1) is 0 Å². The number of carboxylic acid groups (broad SMARTS) is 1. The van der Waals surface area contributed by atoms with E-state index in [1.165, 1.54) is 22.2 Å². The Balaban J connectivity index is 0.000000392. The molecule has 202 valence electrons. The van der Waals surface area contributed by atoms with Crippen molar-refractivity contribution in [2.45, 2.75) is 19.0 Å². The smallest absolute Gasteiger partial charge is 0.475 e. The average molecular weight is 537 g/mol. The highest BCUT2D eigenvalue weighted by atomic mass is 19.4. The molecule has 4 aromatic rings. The van der Waals surface area contributed by atoms with E-state index in [0.29, 0.717) is 0 Å². The second-order valence-corrected chi connectivity index (χ2v) is 9.19. The van der Waals surface area contributed by atoms with Crippen LogP contribution < -0.4 is 10.6 Å². The molecular formula is C28H27F3N6O2. The third kappa shape index (κ3) is 6.31. The van der Waals surface area contributed by atoms with E-state index in [9.17, 15) is 13.2 Å². The first-order valence-electron chi connectivity index (χ1n) is 12.5. The van der Waals surface area contributed by atoms with E-state index in [0.717, 1.165) is 72.9 Å². The lowest BCUT2D eigenvalue weighted by molar-refractivity contribution is -0.192. The van der Waals surface area contributed by atoms with Crippen LogP contribution in [0.2, 0.25) is 0 Å². The zero-order chi connectivity index (χ0) is 27.4. The molecule has 2 aromatic carbocycles. The number of aromatic nitrogens is 2. The van der Waals surface area contributed by atoms with Gasteiger partial charge in [-0.2, -0.15) is 13.2 Å². The third-order valence-corrected chi connectivity index (χ3v) is 6.34. The van der Waals surface area contributed by atoms with Crippen molar-refractivity contribution < 1.29 is 23.1 Å². The van der Waals surface area contributed by atoms with E-state index in [2.05, 4.69) is 91.3 Å². The monoisotopic (exact) mass is 536 g/mol. The van der Waals surface area contributed by atoms with Gasteiger partial charge in [0, 0.05) is 59.5 Å². The Bertz CT molecular complexity index is 1490. The van der Waals surface area contributed by atoms with Crippen molar-refractivity contribution >= 4 is 39.4 Å². The third-order valence-electron chi connectivity index (χ3n) is 6.34. The van der Waals surface area contributed by atoms with Gasteiger partial charge in [-0.25, -0.2) is 4.79 Å². The quantitative estimate of drug-likeness (QED) is 0.236. The van der Waals surface area contributed by atoms with Crippen LogP contribution in [0.3, 0.4) is 0 Å². The molecule has 4 heterocycles. The lowest BCUT2D eigenvalue weighted by Gasteiger charge is -2.01. The predicted octanol–water partition coefficient (Wildman–Crippen LogP) is 4.32. The number of nitrogens with zero attached hydrogens (tertiary/aromatic N) is 2. The van der Waals surface area contributed by atoms with Crippen LogP contribution in [0, 0.1) is 0 Å². The van der Waals surface area contributed by atoms with Crippen LogP contribution in [0.25, 0.3) is 21.8 Å². The summed E-state index contributed by atoms with van der Waals surface area (Å²) in [5, 5.41) is 16.3. The number of nitrogens with one attached hydrogen (secondary N) is 4. The lowest BCUT2D eigenvalue weighted by atomic mass is 10.1. The summed E-state index contributed by atoms with van der Waals surface area (Å²) < 4.78 is 31.7. The van der Waals surface area contributed by atoms with Crippen LogP contribution in [-0.4, -0.2) is 65.1 Å². The molecule has 0 amide bonds. The number of carbonyl (C=O) groups is 1. The van der Waals surface area contributed by atoms with Gasteiger partial charge in [0.15, 0.2) is 0 Å². The number of rotatable bonds is 6. The van der Waals surface area contributed by atoms with Crippen molar-refractivity contribution in [3.63, 3.8) is 0 Å². The zero-order valence-corrected chi connectivity index (χ0v) is 20.9. The summed E-state index contributed by atoms with van der Waals surface area (Å²) in [7, 11) is 0. The Morgan fingerprint density at radius 2 is 1.23 bits per heavy atom. The van der Waals surface area contributed by atoms with E-state index in [-0.39, 0.29) is 0 Å². The van der Waals surface area contributed by atoms with E-state index in [4.69, 9.17) is 9.90 Å². The molecule has 2 aromatic heterocycles. The van der Waals surface area contributed by atoms with Crippen LogP contribution in [0.5, 0.6) is 0 Å². The van der Waals surface area contributed by atoms with Crippen molar-refractivity contribution in [3.05, 3.63) is 83.2 Å². The summed E-state index contributed by atoms with van der Waals surface area (Å²) in [5.74, 6) is -0.755. The molecule has 0 aliphatic carbocycles. The Hall–Kier alpha value is -4.54. The molecule has 39 heavy (non-hydrogen) atoms. The zero-order valence-electron chi connectivity index (χ0n) is 20.9. The Morgan fingerprint density at radius 3 is 1.59 bits per heavy atom. The maximum absolute atomic E-state index is 10.6. The number of aliphatic imine (C=N–C) groups is 2. The number of alkyl halides is 3. The number of benzene rings is 2. The fraction of sp³-hybridized carbons (Fsp3) is 0.250. The summed E-state index contributed by atoms with van der Waals surface area (Å²) >= 11 is 0. The number of hydrogen-bond acceptors (Lipinski definition) is 5. The Kier molecular flexibility index (Phi) is 7.40. The maximum atomic E-state index is 10.6. The molecule has 0 saturated carbocycles. The fourth-order valence-corrected chi connectivity index (χ4v) is 4.49. The first-order valence-corrected chi connectivity index (χ1v) is 12.5. The molecule has 2 aliphatic rings. The number of carboxylic acids is 1. The number of halogens is 3. The van der Waals surface area contributed by atoms with Gasteiger partial charge in [-0.3, -0.25) is 9.98 Å². The van der Waals surface area contributed by atoms with Crippen LogP contribution >= 0.6 is 0 Å². The summed E-state index contributed by atoms with van der Waals surface area (Å²) in [6, 6.07) is 17.5. The minimum Gasteiger partial charge on any atom is -0.475 e. The number of aromatic amines is 2. The first-order chi connectivity index (χ1) is 18.8. The number of allylic oxidation sites excluding steroid dienone is 2. The Morgan fingerprint density at radius 1 is 0.795 bits per heavy atom. The van der Waals surface area contributed by atoms with Gasteiger partial charge in [0.05, 0.1) is 13.1 Å². The first kappa shape index (κ1) is 26.1. The van der Waals surface area contributed by atoms with Crippen molar-refractivity contribution in [1.82, 2.24) is 20.6 Å². The average Bonchev–Trinajstić information content (AvgIpc) is 3.72. The van der Waals surface area contributed by atoms with Crippen molar-refractivity contribution in [3.8, 4) is 0 Å². The summed E-state index contributed by atoms with van der Waals surface area (Å²) in [4.78, 5) is 25.0. The van der Waals surface area contributed by atoms with Crippen LogP contribution in [-0.2, 0) is 17.6 Å². The van der Waals surface area contributed by atoms with E-state index in [1.807, 2.05) is 0 Å². The highest BCUT2D eigenvalue weighted by molar-refractivity contribution is 6.03. The van der Waals surface area contributed by atoms with Crippen LogP contribution in [0.15, 0.2) is 70.7 Å². The van der Waals surface area contributed by atoms with Gasteiger partial charge >= 0.3 is 12.1 Å². The summed E-state index contributed by atoms with van der Waals surface area (Å²) in [5.41, 5.74) is 7.07. The number of fused-ring (bicyclic) bond motifs is 2. The largest absolute Gasteiger partial charge is 0.490 e. The molecule has 5 N–H and O–H groups in total. The van der Waals surface area contributed by atoms with Crippen molar-refractivity contribution in [2.24, 2.45) is 9.98 Å². The van der Waals surface area contributed by atoms with E-state index in [1.54, 1.807) is 0 Å². The molecule has 2 aliphatic heterocycles. The molecular weight excluding hydrogens is 509 g/mol.